The van der Waals surface area contributed by atoms with E-state index in [0.29, 0.717) is 16.6 Å². The average molecular weight is 262 g/mol. The van der Waals surface area contributed by atoms with Gasteiger partial charge in [-0.1, -0.05) is 42.3 Å². The maximum atomic E-state index is 9.16. The standard InChI is InChI=1S/C12H17Cl2NO/c1-8(10(6-15)7-16)5-9-3-2-4-11(13)12(9)14/h2-4,8,10,16H,5-7,15H2,1H3. The van der Waals surface area contributed by atoms with Crippen LogP contribution in [0.4, 0.5) is 0 Å². The molecule has 0 spiro atoms. The zero-order valence-electron chi connectivity index (χ0n) is 9.29. The van der Waals surface area contributed by atoms with Crippen molar-refractivity contribution < 1.29 is 5.11 Å². The summed E-state index contributed by atoms with van der Waals surface area (Å²) in [4.78, 5) is 0. The van der Waals surface area contributed by atoms with Crippen LogP contribution in [0.5, 0.6) is 0 Å². The third kappa shape index (κ3) is 3.36. The quantitative estimate of drug-likeness (QED) is 0.857. The van der Waals surface area contributed by atoms with Crippen LogP contribution < -0.4 is 5.73 Å². The topological polar surface area (TPSA) is 46.2 Å². The molecule has 0 aliphatic heterocycles. The highest BCUT2D eigenvalue weighted by atomic mass is 35.5. The molecule has 0 saturated heterocycles. The van der Waals surface area contributed by atoms with Crippen molar-refractivity contribution in [3.63, 3.8) is 0 Å². The summed E-state index contributed by atoms with van der Waals surface area (Å²) in [5, 5.41) is 10.3. The van der Waals surface area contributed by atoms with E-state index < -0.39 is 0 Å². The molecule has 0 amide bonds. The van der Waals surface area contributed by atoms with Crippen molar-refractivity contribution in [2.75, 3.05) is 13.2 Å². The summed E-state index contributed by atoms with van der Waals surface area (Å²) < 4.78 is 0. The lowest BCUT2D eigenvalue weighted by molar-refractivity contribution is 0.187. The van der Waals surface area contributed by atoms with Gasteiger partial charge in [-0.25, -0.2) is 0 Å². The van der Waals surface area contributed by atoms with Crippen molar-refractivity contribution in [3.05, 3.63) is 33.8 Å². The lowest BCUT2D eigenvalue weighted by Gasteiger charge is -2.20. The number of rotatable bonds is 5. The minimum atomic E-state index is 0.107. The SMILES string of the molecule is CC(Cc1cccc(Cl)c1Cl)C(CN)CO. The molecule has 90 valence electrons. The molecule has 4 heteroatoms. The maximum absolute atomic E-state index is 9.16. The molecule has 2 nitrogen and oxygen atoms in total. The molecule has 0 bridgehead atoms. The molecule has 0 radical (unpaired) electrons. The number of hydrogen-bond acceptors (Lipinski definition) is 2. The van der Waals surface area contributed by atoms with E-state index in [9.17, 15) is 0 Å². The molecule has 1 aromatic carbocycles. The van der Waals surface area contributed by atoms with Gasteiger partial charge in [0.1, 0.15) is 0 Å². The second kappa shape index (κ2) is 6.45. The van der Waals surface area contributed by atoms with Crippen LogP contribution in [-0.4, -0.2) is 18.3 Å². The largest absolute Gasteiger partial charge is 0.396 e. The van der Waals surface area contributed by atoms with Gasteiger partial charge < -0.3 is 10.8 Å². The Bertz CT molecular complexity index is 340. The van der Waals surface area contributed by atoms with Gasteiger partial charge in [0.15, 0.2) is 0 Å². The highest BCUT2D eigenvalue weighted by Gasteiger charge is 2.17. The zero-order valence-corrected chi connectivity index (χ0v) is 10.8. The van der Waals surface area contributed by atoms with Gasteiger partial charge in [0.05, 0.1) is 10.0 Å². The maximum Gasteiger partial charge on any atom is 0.0624 e. The van der Waals surface area contributed by atoms with Crippen molar-refractivity contribution in [3.8, 4) is 0 Å². The Morgan fingerprint density at radius 2 is 2.06 bits per heavy atom. The Morgan fingerprint density at radius 1 is 1.38 bits per heavy atom. The third-order valence-electron chi connectivity index (χ3n) is 2.92. The molecular formula is C12H17Cl2NO. The van der Waals surface area contributed by atoms with Crippen LogP contribution in [0.15, 0.2) is 18.2 Å². The molecule has 0 heterocycles. The minimum Gasteiger partial charge on any atom is -0.396 e. The van der Waals surface area contributed by atoms with E-state index >= 15 is 0 Å². The molecular weight excluding hydrogens is 245 g/mol. The average Bonchev–Trinajstić information content (AvgIpc) is 2.26. The number of hydrogen-bond donors (Lipinski definition) is 2. The molecule has 1 rings (SSSR count). The molecule has 16 heavy (non-hydrogen) atoms. The van der Waals surface area contributed by atoms with Crippen LogP contribution in [0, 0.1) is 11.8 Å². The lowest BCUT2D eigenvalue weighted by Crippen LogP contribution is -2.26. The first kappa shape index (κ1) is 13.8. The van der Waals surface area contributed by atoms with Gasteiger partial charge in [-0.15, -0.1) is 0 Å². The lowest BCUT2D eigenvalue weighted by atomic mass is 9.89. The number of halogens is 2. The summed E-state index contributed by atoms with van der Waals surface area (Å²) >= 11 is 12.0. The summed E-state index contributed by atoms with van der Waals surface area (Å²) in [5.74, 6) is 0.390. The number of nitrogens with two attached hydrogens (primary N) is 1. The van der Waals surface area contributed by atoms with Crippen LogP contribution in [0.3, 0.4) is 0 Å². The summed E-state index contributed by atoms with van der Waals surface area (Å²) in [6.07, 6.45) is 0.780. The third-order valence-corrected chi connectivity index (χ3v) is 3.77. The van der Waals surface area contributed by atoms with Gasteiger partial charge in [-0.3, -0.25) is 0 Å². The molecule has 3 N–H and O–H groups in total. The first-order chi connectivity index (χ1) is 7.60. The first-order valence-corrected chi connectivity index (χ1v) is 6.09. The monoisotopic (exact) mass is 261 g/mol. The second-order valence-electron chi connectivity index (χ2n) is 4.07. The Morgan fingerprint density at radius 3 is 2.62 bits per heavy atom. The van der Waals surface area contributed by atoms with Crippen LogP contribution in [0.2, 0.25) is 10.0 Å². The smallest absolute Gasteiger partial charge is 0.0624 e. The molecule has 0 saturated carbocycles. The van der Waals surface area contributed by atoms with Gasteiger partial charge in [0.2, 0.25) is 0 Å². The van der Waals surface area contributed by atoms with E-state index in [1.165, 1.54) is 0 Å². The van der Waals surface area contributed by atoms with E-state index in [2.05, 4.69) is 6.92 Å². The minimum absolute atomic E-state index is 0.107. The Balaban J connectivity index is 2.76. The summed E-state index contributed by atoms with van der Waals surface area (Å²) in [6, 6.07) is 5.60. The normalized spacial score (nSPS) is 14.8. The number of aliphatic hydroxyl groups is 1. The molecule has 0 aliphatic carbocycles. The number of benzene rings is 1. The van der Waals surface area contributed by atoms with Gasteiger partial charge in [0.25, 0.3) is 0 Å². The Kier molecular flexibility index (Phi) is 5.56. The fraction of sp³-hybridized carbons (Fsp3) is 0.500. The van der Waals surface area contributed by atoms with Crippen molar-refractivity contribution in [2.45, 2.75) is 13.3 Å². The van der Waals surface area contributed by atoms with E-state index in [4.69, 9.17) is 34.0 Å². The van der Waals surface area contributed by atoms with Crippen molar-refractivity contribution in [1.29, 1.82) is 0 Å². The predicted molar refractivity (Wildman–Crippen MR) is 69.0 cm³/mol. The zero-order chi connectivity index (χ0) is 12.1. The fourth-order valence-corrected chi connectivity index (χ4v) is 2.10. The fourth-order valence-electron chi connectivity index (χ4n) is 1.71. The van der Waals surface area contributed by atoms with Crippen LogP contribution in [-0.2, 0) is 6.42 Å². The van der Waals surface area contributed by atoms with E-state index in [0.717, 1.165) is 12.0 Å². The van der Waals surface area contributed by atoms with E-state index in [1.54, 1.807) is 6.07 Å². The van der Waals surface area contributed by atoms with E-state index in [-0.39, 0.29) is 18.4 Å². The van der Waals surface area contributed by atoms with E-state index in [1.807, 2.05) is 12.1 Å². The molecule has 1 aromatic rings. The Hall–Kier alpha value is -0.280. The van der Waals surface area contributed by atoms with Crippen LogP contribution >= 0.6 is 23.2 Å². The molecule has 2 atom stereocenters. The van der Waals surface area contributed by atoms with Crippen molar-refractivity contribution >= 4 is 23.2 Å². The highest BCUT2D eigenvalue weighted by Crippen LogP contribution is 2.28. The summed E-state index contributed by atoms with van der Waals surface area (Å²) in [7, 11) is 0. The van der Waals surface area contributed by atoms with Crippen LogP contribution in [0.25, 0.3) is 0 Å². The van der Waals surface area contributed by atoms with Gasteiger partial charge in [-0.05, 0) is 36.4 Å². The molecule has 0 aromatic heterocycles. The van der Waals surface area contributed by atoms with Crippen LogP contribution in [0.1, 0.15) is 12.5 Å². The summed E-state index contributed by atoms with van der Waals surface area (Å²) in [6.45, 7) is 2.65. The van der Waals surface area contributed by atoms with Gasteiger partial charge in [-0.2, -0.15) is 0 Å². The highest BCUT2D eigenvalue weighted by molar-refractivity contribution is 6.42. The summed E-state index contributed by atoms with van der Waals surface area (Å²) in [5.41, 5.74) is 6.59. The second-order valence-corrected chi connectivity index (χ2v) is 4.86. The molecule has 0 aliphatic rings. The predicted octanol–water partition coefficient (Wildman–Crippen LogP) is 2.74. The number of aliphatic hydroxyl groups excluding tert-OH is 1. The first-order valence-electron chi connectivity index (χ1n) is 5.34. The van der Waals surface area contributed by atoms with Crippen molar-refractivity contribution in [2.24, 2.45) is 17.6 Å². The molecule has 0 fully saturated rings. The molecule has 2 unspecified atom stereocenters. The Labute approximate surface area is 106 Å². The van der Waals surface area contributed by atoms with Gasteiger partial charge >= 0.3 is 0 Å². The van der Waals surface area contributed by atoms with Gasteiger partial charge in [0, 0.05) is 6.61 Å². The van der Waals surface area contributed by atoms with Crippen molar-refractivity contribution in [1.82, 2.24) is 0 Å².